The second kappa shape index (κ2) is 7.65. The van der Waals surface area contributed by atoms with Crippen LogP contribution in [-0.4, -0.2) is 24.8 Å². The predicted octanol–water partition coefficient (Wildman–Crippen LogP) is 3.17. The Morgan fingerprint density at radius 2 is 1.83 bits per heavy atom. The van der Waals surface area contributed by atoms with E-state index in [0.717, 1.165) is 16.8 Å². The summed E-state index contributed by atoms with van der Waals surface area (Å²) < 4.78 is 5.21. The molecular formula is C18H22N2O3. The first-order chi connectivity index (χ1) is 11.0. The van der Waals surface area contributed by atoms with Gasteiger partial charge in [0.2, 0.25) is 0 Å². The molecule has 122 valence electrons. The van der Waals surface area contributed by atoms with E-state index in [2.05, 4.69) is 10.6 Å². The zero-order chi connectivity index (χ0) is 16.8. The van der Waals surface area contributed by atoms with Crippen molar-refractivity contribution in [3.05, 3.63) is 59.2 Å². The first-order valence-electron chi connectivity index (χ1n) is 7.43. The molecule has 0 bridgehead atoms. The van der Waals surface area contributed by atoms with E-state index in [4.69, 9.17) is 4.74 Å². The van der Waals surface area contributed by atoms with Crippen LogP contribution in [0.2, 0.25) is 0 Å². The maximum Gasteiger partial charge on any atom is 0.319 e. The number of anilines is 1. The number of ether oxygens (including phenoxy) is 1. The second-order valence-corrected chi connectivity index (χ2v) is 5.47. The monoisotopic (exact) mass is 314 g/mol. The highest BCUT2D eigenvalue weighted by Crippen LogP contribution is 2.24. The van der Waals surface area contributed by atoms with Gasteiger partial charge in [0.15, 0.2) is 0 Å². The zero-order valence-electron chi connectivity index (χ0n) is 13.6. The zero-order valence-corrected chi connectivity index (χ0v) is 13.6. The quantitative estimate of drug-likeness (QED) is 0.794. The molecule has 0 spiro atoms. The SMILES string of the molecule is COc1ccccc1C(O)CNC(=O)Nc1cc(C)cc(C)c1. The molecule has 0 saturated carbocycles. The minimum absolute atomic E-state index is 0.0943. The van der Waals surface area contributed by atoms with Crippen LogP contribution in [0.5, 0.6) is 5.75 Å². The number of urea groups is 1. The molecule has 0 aliphatic heterocycles. The van der Waals surface area contributed by atoms with E-state index in [9.17, 15) is 9.90 Å². The van der Waals surface area contributed by atoms with Crippen LogP contribution in [0.25, 0.3) is 0 Å². The number of nitrogens with one attached hydrogen (secondary N) is 2. The lowest BCUT2D eigenvalue weighted by Gasteiger charge is -2.16. The Hall–Kier alpha value is -2.53. The van der Waals surface area contributed by atoms with E-state index in [1.807, 2.05) is 44.2 Å². The lowest BCUT2D eigenvalue weighted by Crippen LogP contribution is -2.32. The summed E-state index contributed by atoms with van der Waals surface area (Å²) >= 11 is 0. The predicted molar refractivity (Wildman–Crippen MR) is 90.9 cm³/mol. The van der Waals surface area contributed by atoms with Crippen molar-refractivity contribution < 1.29 is 14.6 Å². The molecule has 2 rings (SSSR count). The molecule has 3 N–H and O–H groups in total. The summed E-state index contributed by atoms with van der Waals surface area (Å²) in [6, 6.07) is 12.7. The number of rotatable bonds is 5. The highest BCUT2D eigenvalue weighted by molar-refractivity contribution is 5.89. The number of aliphatic hydroxyl groups excluding tert-OH is 1. The largest absolute Gasteiger partial charge is 0.496 e. The van der Waals surface area contributed by atoms with Crippen LogP contribution in [-0.2, 0) is 0 Å². The first-order valence-corrected chi connectivity index (χ1v) is 7.43. The number of carbonyl (C=O) groups excluding carboxylic acids is 1. The van der Waals surface area contributed by atoms with E-state index in [1.165, 1.54) is 0 Å². The van der Waals surface area contributed by atoms with Crippen molar-refractivity contribution in [2.45, 2.75) is 20.0 Å². The van der Waals surface area contributed by atoms with Crippen LogP contribution in [0.3, 0.4) is 0 Å². The van der Waals surface area contributed by atoms with Crippen molar-refractivity contribution in [3.63, 3.8) is 0 Å². The van der Waals surface area contributed by atoms with Crippen molar-refractivity contribution in [1.82, 2.24) is 5.32 Å². The van der Waals surface area contributed by atoms with Gasteiger partial charge in [0.05, 0.1) is 13.2 Å². The third-order valence-corrected chi connectivity index (χ3v) is 3.43. The van der Waals surface area contributed by atoms with E-state index >= 15 is 0 Å². The molecule has 23 heavy (non-hydrogen) atoms. The molecule has 0 aliphatic rings. The Balaban J connectivity index is 1.93. The summed E-state index contributed by atoms with van der Waals surface area (Å²) in [5, 5.41) is 15.6. The van der Waals surface area contributed by atoms with Gasteiger partial charge in [0.25, 0.3) is 0 Å². The van der Waals surface area contributed by atoms with E-state index in [0.29, 0.717) is 11.3 Å². The van der Waals surface area contributed by atoms with Gasteiger partial charge in [-0.25, -0.2) is 4.79 Å². The molecule has 0 radical (unpaired) electrons. The highest BCUT2D eigenvalue weighted by atomic mass is 16.5. The summed E-state index contributed by atoms with van der Waals surface area (Å²) in [7, 11) is 1.55. The topological polar surface area (TPSA) is 70.6 Å². The fourth-order valence-electron chi connectivity index (χ4n) is 2.46. The average molecular weight is 314 g/mol. The fraction of sp³-hybridized carbons (Fsp3) is 0.278. The molecular weight excluding hydrogens is 292 g/mol. The normalized spacial score (nSPS) is 11.7. The average Bonchev–Trinajstić information content (AvgIpc) is 2.51. The molecule has 0 saturated heterocycles. The van der Waals surface area contributed by atoms with Gasteiger partial charge in [-0.15, -0.1) is 0 Å². The molecule has 2 aromatic carbocycles. The molecule has 0 fully saturated rings. The number of methoxy groups -OCH3 is 1. The second-order valence-electron chi connectivity index (χ2n) is 5.47. The van der Waals surface area contributed by atoms with Crippen molar-refractivity contribution in [1.29, 1.82) is 0 Å². The number of para-hydroxylation sites is 1. The maximum absolute atomic E-state index is 12.0. The Morgan fingerprint density at radius 3 is 2.48 bits per heavy atom. The lowest BCUT2D eigenvalue weighted by atomic mass is 10.1. The third kappa shape index (κ3) is 4.72. The van der Waals surface area contributed by atoms with Crippen LogP contribution in [0.4, 0.5) is 10.5 Å². The van der Waals surface area contributed by atoms with E-state index in [-0.39, 0.29) is 12.6 Å². The highest BCUT2D eigenvalue weighted by Gasteiger charge is 2.13. The summed E-state index contributed by atoms with van der Waals surface area (Å²) in [5.74, 6) is 0.594. The number of hydrogen-bond acceptors (Lipinski definition) is 3. The van der Waals surface area contributed by atoms with Crippen LogP contribution in [0.1, 0.15) is 22.8 Å². The van der Waals surface area contributed by atoms with Crippen LogP contribution in [0.15, 0.2) is 42.5 Å². The summed E-state index contributed by atoms with van der Waals surface area (Å²) in [5.41, 5.74) is 3.53. The number of benzene rings is 2. The Bertz CT molecular complexity index is 665. The third-order valence-electron chi connectivity index (χ3n) is 3.43. The Morgan fingerprint density at radius 1 is 1.17 bits per heavy atom. The van der Waals surface area contributed by atoms with Crippen molar-refractivity contribution in [2.75, 3.05) is 19.0 Å². The minimum Gasteiger partial charge on any atom is -0.496 e. The van der Waals surface area contributed by atoms with Gasteiger partial charge < -0.3 is 20.5 Å². The first kappa shape index (κ1) is 16.8. The van der Waals surface area contributed by atoms with Gasteiger partial charge in [-0.05, 0) is 43.2 Å². The number of carbonyl (C=O) groups is 1. The van der Waals surface area contributed by atoms with E-state index in [1.54, 1.807) is 19.2 Å². The fourth-order valence-corrected chi connectivity index (χ4v) is 2.46. The lowest BCUT2D eigenvalue weighted by molar-refractivity contribution is 0.171. The maximum atomic E-state index is 12.0. The molecule has 1 atom stereocenters. The van der Waals surface area contributed by atoms with Crippen molar-refractivity contribution >= 4 is 11.7 Å². The van der Waals surface area contributed by atoms with Gasteiger partial charge in [-0.1, -0.05) is 24.3 Å². The van der Waals surface area contributed by atoms with Crippen LogP contribution in [0, 0.1) is 13.8 Å². The number of aryl methyl sites for hydroxylation is 2. The van der Waals surface area contributed by atoms with E-state index < -0.39 is 6.10 Å². The smallest absolute Gasteiger partial charge is 0.319 e. The molecule has 0 heterocycles. The van der Waals surface area contributed by atoms with Crippen molar-refractivity contribution in [2.24, 2.45) is 0 Å². The summed E-state index contributed by atoms with van der Waals surface area (Å²) in [6.07, 6.45) is -0.837. The minimum atomic E-state index is -0.837. The Kier molecular flexibility index (Phi) is 5.60. The molecule has 2 aromatic rings. The van der Waals surface area contributed by atoms with Gasteiger partial charge in [0, 0.05) is 17.8 Å². The number of amides is 2. The van der Waals surface area contributed by atoms with Gasteiger partial charge in [0.1, 0.15) is 5.75 Å². The molecule has 5 heteroatoms. The van der Waals surface area contributed by atoms with Gasteiger partial charge in [-0.2, -0.15) is 0 Å². The van der Waals surface area contributed by atoms with Crippen molar-refractivity contribution in [3.8, 4) is 5.75 Å². The van der Waals surface area contributed by atoms with Gasteiger partial charge in [-0.3, -0.25) is 0 Å². The van der Waals surface area contributed by atoms with Gasteiger partial charge >= 0.3 is 6.03 Å². The molecule has 0 aliphatic carbocycles. The summed E-state index contributed by atoms with van der Waals surface area (Å²) in [4.78, 5) is 12.0. The number of hydrogen-bond donors (Lipinski definition) is 3. The molecule has 2 amide bonds. The van der Waals surface area contributed by atoms with Crippen LogP contribution >= 0.6 is 0 Å². The molecule has 0 aromatic heterocycles. The van der Waals surface area contributed by atoms with Crippen LogP contribution < -0.4 is 15.4 Å². The molecule has 1 unspecified atom stereocenters. The molecule has 5 nitrogen and oxygen atoms in total. The Labute approximate surface area is 136 Å². The standard InChI is InChI=1S/C18H22N2O3/c1-12-8-13(2)10-14(9-12)20-18(22)19-11-16(21)15-6-4-5-7-17(15)23-3/h4-10,16,21H,11H2,1-3H3,(H2,19,20,22). The number of aliphatic hydroxyl groups is 1. The summed E-state index contributed by atoms with van der Waals surface area (Å²) in [6.45, 7) is 4.04.